The molecule has 0 saturated carbocycles. The fraction of sp³-hybridized carbons (Fsp3) is 0.659. The molecule has 0 aliphatic heterocycles. The highest BCUT2D eigenvalue weighted by Gasteiger charge is 2.45. The molecule has 0 aromatic heterocycles. The molecule has 0 aliphatic carbocycles. The zero-order valence-corrected chi connectivity index (χ0v) is 87.7. The summed E-state index contributed by atoms with van der Waals surface area (Å²) in [4.78, 5) is 193. The van der Waals surface area contributed by atoms with Crippen LogP contribution in [0.4, 0.5) is 92.2 Å². The van der Waals surface area contributed by atoms with Crippen LogP contribution in [0.1, 0.15) is 252 Å². The van der Waals surface area contributed by atoms with Gasteiger partial charge in [-0.3, -0.25) is 43.2 Å². The Morgan fingerprint density at radius 3 is 0.791 bits per heavy atom. The molecule has 0 saturated heterocycles. The van der Waals surface area contributed by atoms with E-state index in [9.17, 15) is 179 Å². The summed E-state index contributed by atoms with van der Waals surface area (Å²) in [5, 5.41) is 0. The highest BCUT2D eigenvalue weighted by atomic mass is 79.9. The van der Waals surface area contributed by atoms with Gasteiger partial charge in [-0.05, 0) is 159 Å². The average Bonchev–Trinajstić information content (AvgIpc) is 0.802. The lowest BCUT2D eigenvalue weighted by Gasteiger charge is -2.19. The Hall–Kier alpha value is -11.5. The number of alkyl halides is 19. The van der Waals surface area contributed by atoms with Crippen LogP contribution in [0.25, 0.3) is 0 Å². The first-order chi connectivity index (χ1) is 67.0. The molecule has 854 valence electrons. The van der Waals surface area contributed by atoms with Crippen molar-refractivity contribution in [3.05, 3.63) is 64.0 Å². The largest absolute Gasteiger partial charge is 0.491 e. The monoisotopic (exact) mass is 2300 g/mol. The smallest absolute Gasteiger partial charge is 0.463 e. The van der Waals surface area contributed by atoms with Crippen LogP contribution in [0, 0.1) is 39.9 Å². The number of hydrogen-bond acceptors (Lipinski definition) is 36. The second kappa shape index (κ2) is 69.0. The molecule has 7 atom stereocenters. The molecule has 0 aliphatic rings. The summed E-state index contributed by atoms with van der Waals surface area (Å²) in [5.41, 5.74) is -14.5. The highest BCUT2D eigenvalue weighted by molar-refractivity contribution is 9.10. The van der Waals surface area contributed by atoms with Crippen molar-refractivity contribution in [2.45, 2.75) is 292 Å². The van der Waals surface area contributed by atoms with Gasteiger partial charge in [-0.25, -0.2) is 73.9 Å². The van der Waals surface area contributed by atoms with Crippen molar-refractivity contribution < 1.29 is 264 Å². The molecule has 2 aromatic rings. The van der Waals surface area contributed by atoms with Gasteiger partial charge in [-0.1, -0.05) is 78.2 Å². The van der Waals surface area contributed by atoms with Crippen LogP contribution >= 0.6 is 39.1 Å². The summed E-state index contributed by atoms with van der Waals surface area (Å²) in [5.74, 6) is -31.5. The first-order valence-corrected chi connectivity index (χ1v) is 44.2. The molecule has 0 heterocycles. The van der Waals surface area contributed by atoms with Crippen molar-refractivity contribution >= 4 is 147 Å². The minimum Gasteiger partial charge on any atom is -0.463 e. The standard InChI is InChI=1S/C15H13F7O4.C14H13F5O4.C10H18O4.C9H12F4O4.C8H13BrO4.C8H10ClF3O4.C8H13ClO4.2C8H13FO4/c1-3-13(2,16)12(24)26-7-25-11(23)8-4-9(14(17,18)19)6-10(5-8)15(20,21)22;1-4-14(2,3)13(21)22-5-6(20)23-12-10(18)8(16)7(15)9(17)11(12)19;1-5-10(3,4)9(12)14-7-8(11)13-6-2;1-3-8(2,10)6(14)16-4-5-17-7(15)9(11,12)13;1-4-8(3,9)7(11)13-5-12-6(2)10;1-3-7(2,9)5(13)15-4-16-6(14)8(10,11)12;3*1-4-8(3,9)7(11)13-5-12-6(2)10/h4-6H,3,7H2,1-2H3;4-5H2,1-3H3;5-7H2,1-4H3;3-5H2,1-2H3;4-5H2,1-3H3;3-4H2,1-2H3;3*4-5H2,1-3H3. The number of hydrogen-bond donors (Lipinski definition) is 0. The number of benzene rings is 2. The summed E-state index contributed by atoms with van der Waals surface area (Å²) in [6.45, 7) is 29.9. The van der Waals surface area contributed by atoms with E-state index in [0.717, 1.165) is 27.7 Å². The lowest BCUT2D eigenvalue weighted by molar-refractivity contribution is -0.210. The van der Waals surface area contributed by atoms with Crippen LogP contribution in [-0.2, 0) is 174 Å². The molecule has 0 spiro atoms. The third-order valence-corrected chi connectivity index (χ3v) is 20.0. The van der Waals surface area contributed by atoms with Gasteiger partial charge >= 0.3 is 132 Å². The quantitative estimate of drug-likeness (QED) is 0.00688. The number of carbonyl (C=O) groups is 18. The molecule has 7 unspecified atom stereocenters. The summed E-state index contributed by atoms with van der Waals surface area (Å²) in [6.07, 6.45) is -18.5. The van der Waals surface area contributed by atoms with Crippen LogP contribution in [-0.4, -0.2) is 230 Å². The minimum absolute atomic E-state index is 0.0197. The Labute approximate surface area is 853 Å². The molecular formula is C88H118BrCl2F21O36. The van der Waals surface area contributed by atoms with Crippen LogP contribution in [0.5, 0.6) is 5.75 Å². The number of carbonyl (C=O) groups excluding carboxylic acids is 18. The van der Waals surface area contributed by atoms with E-state index in [0.29, 0.717) is 32.3 Å². The molecule has 36 nitrogen and oxygen atoms in total. The van der Waals surface area contributed by atoms with Gasteiger partial charge in [0, 0.05) is 27.7 Å². The molecule has 2 rings (SSSR count). The van der Waals surface area contributed by atoms with Crippen LogP contribution < -0.4 is 4.74 Å². The second-order valence-corrected chi connectivity index (χ2v) is 34.8. The van der Waals surface area contributed by atoms with Crippen LogP contribution in [0.15, 0.2) is 18.2 Å². The van der Waals surface area contributed by atoms with Gasteiger partial charge in [-0.2, -0.15) is 61.5 Å². The Balaban J connectivity index is -0.000000306. The van der Waals surface area contributed by atoms with Gasteiger partial charge in [0.1, 0.15) is 27.3 Å². The lowest BCUT2D eigenvalue weighted by atomic mass is 9.91. The van der Waals surface area contributed by atoms with Crippen molar-refractivity contribution in [2.24, 2.45) is 10.8 Å². The van der Waals surface area contributed by atoms with Gasteiger partial charge in [-0.15, -0.1) is 23.2 Å². The van der Waals surface area contributed by atoms with E-state index < -0.39 is 272 Å². The molecule has 0 amide bonds. The molecule has 0 N–H and O–H groups in total. The van der Waals surface area contributed by atoms with Gasteiger partial charge in [0.2, 0.25) is 98.3 Å². The molecule has 0 bridgehead atoms. The van der Waals surface area contributed by atoms with E-state index >= 15 is 0 Å². The number of rotatable bonds is 40. The van der Waals surface area contributed by atoms with Crippen molar-refractivity contribution in [3.63, 3.8) is 0 Å². The molecule has 2 aromatic carbocycles. The van der Waals surface area contributed by atoms with Crippen molar-refractivity contribution in [1.29, 1.82) is 0 Å². The number of ether oxygens (including phenoxy) is 18. The second-order valence-electron chi connectivity index (χ2n) is 31.4. The predicted molar refractivity (Wildman–Crippen MR) is 469 cm³/mol. The van der Waals surface area contributed by atoms with Crippen LogP contribution in [0.2, 0.25) is 0 Å². The van der Waals surface area contributed by atoms with E-state index in [4.69, 9.17) is 27.9 Å². The normalized spacial score (nSPS) is 13.8. The zero-order valence-electron chi connectivity index (χ0n) is 84.6. The summed E-state index contributed by atoms with van der Waals surface area (Å²) in [7, 11) is 0. The van der Waals surface area contributed by atoms with E-state index in [-0.39, 0.29) is 76.5 Å². The topological polar surface area (TPSA) is 473 Å². The van der Waals surface area contributed by atoms with Gasteiger partial charge in [0.05, 0.1) is 34.1 Å². The maximum atomic E-state index is 13.6. The molecule has 60 heteroatoms. The molecular weight excluding hydrogens is 2180 g/mol. The third-order valence-electron chi connectivity index (χ3n) is 18.2. The summed E-state index contributed by atoms with van der Waals surface area (Å²) < 4.78 is 342. The Morgan fingerprint density at radius 2 is 0.527 bits per heavy atom. The first kappa shape index (κ1) is 149. The molecule has 148 heavy (non-hydrogen) atoms. The Kier molecular flexibility index (Phi) is 69.6. The van der Waals surface area contributed by atoms with E-state index in [2.05, 4.69) is 96.5 Å². The maximum Gasteiger partial charge on any atom is 0.491 e. The fourth-order valence-corrected chi connectivity index (χ4v) is 6.76. The summed E-state index contributed by atoms with van der Waals surface area (Å²) in [6, 6.07) is 0.155. The van der Waals surface area contributed by atoms with Gasteiger partial charge < -0.3 is 85.3 Å². The Bertz CT molecular complexity index is 4390. The average molecular weight is 2300 g/mol. The number of esters is 18. The SMILES string of the molecule is CCC(C)(Br)C(=O)OCOC(C)=O.CCC(C)(C)C(=O)OCC(=O)Oc1c(F)c(F)c(F)c(F)c1F.CCC(C)(Cl)C(=O)OCOC(=O)C(F)(F)F.CCC(C)(Cl)C(=O)OCOC(C)=O.CCC(C)(F)C(=O)OCCOC(=O)C(F)(F)F.CCC(C)(F)C(=O)OCOC(=O)c1cc(C(F)(F)F)cc(C(F)(F)F)c1.CCC(C)(F)C(=O)OCOC(C)=O.CCC(C)(F)C(=O)OCOC(C)=O.CCOC(=O)COC(=O)C(C)(C)CC. The zero-order chi connectivity index (χ0) is 118. The van der Waals surface area contributed by atoms with E-state index in [1.54, 1.807) is 55.4 Å². The van der Waals surface area contributed by atoms with Gasteiger partial charge in [0.15, 0.2) is 13.2 Å². The van der Waals surface area contributed by atoms with E-state index in [1.165, 1.54) is 76.2 Å². The van der Waals surface area contributed by atoms with Crippen molar-refractivity contribution in [2.75, 3.05) is 73.8 Å². The van der Waals surface area contributed by atoms with Crippen LogP contribution in [0.3, 0.4) is 0 Å². The van der Waals surface area contributed by atoms with Crippen molar-refractivity contribution in [3.8, 4) is 5.75 Å². The van der Waals surface area contributed by atoms with E-state index in [1.807, 2.05) is 13.8 Å². The minimum atomic E-state index is -5.14. The Morgan fingerprint density at radius 1 is 0.277 bits per heavy atom. The lowest BCUT2D eigenvalue weighted by Crippen LogP contribution is -2.33. The maximum absolute atomic E-state index is 13.6. The molecule has 0 fully saturated rings. The highest BCUT2D eigenvalue weighted by Crippen LogP contribution is 2.38. The number of halogens is 24. The van der Waals surface area contributed by atoms with Crippen molar-refractivity contribution in [1.82, 2.24) is 0 Å². The van der Waals surface area contributed by atoms with Gasteiger partial charge in [0.25, 0.3) is 0 Å². The molecule has 0 radical (unpaired) electrons. The fourth-order valence-electron chi connectivity index (χ4n) is 6.54. The summed E-state index contributed by atoms with van der Waals surface area (Å²) >= 11 is 14.6. The predicted octanol–water partition coefficient (Wildman–Crippen LogP) is 18.5. The third kappa shape index (κ3) is 64.0. The first-order valence-electron chi connectivity index (χ1n) is 42.7.